The third-order valence-electron chi connectivity index (χ3n) is 3.83. The number of carbonyl (C=O) groups is 2. The summed E-state index contributed by atoms with van der Waals surface area (Å²) in [5.74, 6) is 1.35. The molecule has 132 valence electrons. The van der Waals surface area contributed by atoms with Gasteiger partial charge in [0, 0.05) is 29.9 Å². The molecule has 0 unspecified atom stereocenters. The first-order chi connectivity index (χ1) is 11.3. The second-order valence-corrected chi connectivity index (χ2v) is 8.33. The van der Waals surface area contributed by atoms with Crippen molar-refractivity contribution in [2.45, 2.75) is 51.3 Å². The van der Waals surface area contributed by atoms with Gasteiger partial charge in [0.2, 0.25) is 5.91 Å². The van der Waals surface area contributed by atoms with Crippen LogP contribution in [0.5, 0.6) is 0 Å². The lowest BCUT2D eigenvalue weighted by Gasteiger charge is -2.26. The smallest absolute Gasteiger partial charge is 0.253 e. The number of carbonyl (C=O) groups excluding carboxylic acids is 2. The topological polar surface area (TPSA) is 49.4 Å². The van der Waals surface area contributed by atoms with Crippen molar-refractivity contribution in [1.82, 2.24) is 10.2 Å². The van der Waals surface area contributed by atoms with Crippen LogP contribution >= 0.6 is 11.8 Å². The summed E-state index contributed by atoms with van der Waals surface area (Å²) >= 11 is 1.57. The van der Waals surface area contributed by atoms with Gasteiger partial charge < -0.3 is 10.2 Å². The third kappa shape index (κ3) is 6.19. The van der Waals surface area contributed by atoms with Crippen molar-refractivity contribution in [2.24, 2.45) is 0 Å². The maximum Gasteiger partial charge on any atom is 0.253 e. The largest absolute Gasteiger partial charge is 0.351 e. The first-order valence-corrected chi connectivity index (χ1v) is 9.77. The summed E-state index contributed by atoms with van der Waals surface area (Å²) in [7, 11) is 0. The molecule has 0 atom stereocenters. The van der Waals surface area contributed by atoms with Crippen molar-refractivity contribution < 1.29 is 9.59 Å². The van der Waals surface area contributed by atoms with Crippen molar-refractivity contribution in [3.05, 3.63) is 35.4 Å². The normalized spacial score (nSPS) is 15.2. The maximum atomic E-state index is 12.5. The molecule has 1 fully saturated rings. The van der Waals surface area contributed by atoms with Crippen LogP contribution in [0.4, 0.5) is 0 Å². The lowest BCUT2D eigenvalue weighted by atomic mass is 10.1. The predicted octanol–water partition coefficient (Wildman–Crippen LogP) is 3.46. The van der Waals surface area contributed by atoms with Gasteiger partial charge in [-0.25, -0.2) is 0 Å². The van der Waals surface area contributed by atoms with E-state index in [1.165, 1.54) is 6.42 Å². The van der Waals surface area contributed by atoms with Gasteiger partial charge in [0.15, 0.2) is 0 Å². The van der Waals surface area contributed by atoms with Crippen LogP contribution in [0.15, 0.2) is 24.3 Å². The third-order valence-corrected chi connectivity index (χ3v) is 4.84. The molecule has 1 aliphatic heterocycles. The lowest BCUT2D eigenvalue weighted by molar-refractivity contribution is -0.119. The molecule has 1 N–H and O–H groups in total. The zero-order chi connectivity index (χ0) is 17.6. The van der Waals surface area contributed by atoms with Gasteiger partial charge in [-0.2, -0.15) is 0 Å². The second kappa shape index (κ2) is 8.56. The minimum absolute atomic E-state index is 0.0491. The molecule has 5 heteroatoms. The molecule has 0 aromatic heterocycles. The summed E-state index contributed by atoms with van der Waals surface area (Å²) in [5.41, 5.74) is 1.65. The number of nitrogens with one attached hydrogen (secondary N) is 1. The number of rotatable bonds is 5. The molecule has 4 nitrogen and oxygen atoms in total. The van der Waals surface area contributed by atoms with Crippen LogP contribution in [-0.2, 0) is 10.5 Å². The lowest BCUT2D eigenvalue weighted by Crippen LogP contribution is -2.41. The molecular weight excluding hydrogens is 320 g/mol. The van der Waals surface area contributed by atoms with Crippen LogP contribution in [0.3, 0.4) is 0 Å². The Bertz CT molecular complexity index is 575. The standard InChI is InChI=1S/C19H28N2O2S/c1-19(2,3)20-17(22)14-24-13-15-8-7-9-16(12-15)18(23)21-10-5-4-6-11-21/h7-9,12H,4-6,10-11,13-14H2,1-3H3,(H,20,22). The molecule has 0 bridgehead atoms. The van der Waals surface area contributed by atoms with Gasteiger partial charge in [-0.05, 0) is 57.7 Å². The van der Waals surface area contributed by atoms with Gasteiger partial charge in [0.05, 0.1) is 5.75 Å². The Labute approximate surface area is 149 Å². The second-order valence-electron chi connectivity index (χ2n) is 7.34. The minimum atomic E-state index is -0.196. The molecule has 1 heterocycles. The number of amides is 2. The molecular formula is C19H28N2O2S. The fourth-order valence-corrected chi connectivity index (χ4v) is 3.56. The number of hydrogen-bond donors (Lipinski definition) is 1. The first kappa shape index (κ1) is 18.8. The highest BCUT2D eigenvalue weighted by Crippen LogP contribution is 2.17. The van der Waals surface area contributed by atoms with Crippen LogP contribution in [0, 0.1) is 0 Å². The van der Waals surface area contributed by atoms with E-state index in [2.05, 4.69) is 5.32 Å². The van der Waals surface area contributed by atoms with Crippen LogP contribution in [0.25, 0.3) is 0 Å². The average Bonchev–Trinajstić information content (AvgIpc) is 2.53. The van der Waals surface area contributed by atoms with E-state index in [1.807, 2.05) is 49.9 Å². The van der Waals surface area contributed by atoms with Gasteiger partial charge in [-0.1, -0.05) is 12.1 Å². The molecule has 1 aliphatic rings. The van der Waals surface area contributed by atoms with Crippen molar-refractivity contribution in [1.29, 1.82) is 0 Å². The summed E-state index contributed by atoms with van der Waals surface area (Å²) in [4.78, 5) is 26.3. The van der Waals surface area contributed by atoms with Gasteiger partial charge in [-0.15, -0.1) is 11.8 Å². The van der Waals surface area contributed by atoms with Crippen LogP contribution < -0.4 is 5.32 Å². The minimum Gasteiger partial charge on any atom is -0.351 e. The summed E-state index contributed by atoms with van der Waals surface area (Å²) in [6.45, 7) is 7.66. The zero-order valence-corrected chi connectivity index (χ0v) is 15.7. The summed E-state index contributed by atoms with van der Waals surface area (Å²) in [6, 6.07) is 7.80. The van der Waals surface area contributed by atoms with E-state index < -0.39 is 0 Å². The Hall–Kier alpha value is -1.49. The summed E-state index contributed by atoms with van der Waals surface area (Å²) in [5, 5.41) is 2.96. The van der Waals surface area contributed by atoms with Gasteiger partial charge >= 0.3 is 0 Å². The molecule has 0 saturated carbocycles. The molecule has 1 saturated heterocycles. The molecule has 2 rings (SSSR count). The Kier molecular flexibility index (Phi) is 6.72. The van der Waals surface area contributed by atoms with Crippen LogP contribution in [0.2, 0.25) is 0 Å². The number of thioether (sulfide) groups is 1. The Balaban J connectivity index is 1.86. The Morgan fingerprint density at radius 2 is 1.88 bits per heavy atom. The highest BCUT2D eigenvalue weighted by Gasteiger charge is 2.18. The van der Waals surface area contributed by atoms with Gasteiger partial charge in [0.1, 0.15) is 0 Å². The number of benzene rings is 1. The van der Waals surface area contributed by atoms with Crippen molar-refractivity contribution >= 4 is 23.6 Å². The van der Waals surface area contributed by atoms with E-state index in [9.17, 15) is 9.59 Å². The van der Waals surface area contributed by atoms with Crippen molar-refractivity contribution in [2.75, 3.05) is 18.8 Å². The molecule has 0 radical (unpaired) electrons. The zero-order valence-electron chi connectivity index (χ0n) is 14.9. The summed E-state index contributed by atoms with van der Waals surface area (Å²) < 4.78 is 0. The quantitative estimate of drug-likeness (QED) is 0.886. The molecule has 0 spiro atoms. The first-order valence-electron chi connectivity index (χ1n) is 8.62. The number of likely N-dealkylation sites (tertiary alicyclic amines) is 1. The average molecular weight is 349 g/mol. The van der Waals surface area contributed by atoms with E-state index >= 15 is 0 Å². The van der Waals surface area contributed by atoms with Crippen LogP contribution in [0.1, 0.15) is 56.0 Å². The fraction of sp³-hybridized carbons (Fsp3) is 0.579. The van der Waals surface area contributed by atoms with Crippen molar-refractivity contribution in [3.8, 4) is 0 Å². The van der Waals surface area contributed by atoms with E-state index in [4.69, 9.17) is 0 Å². The van der Waals surface area contributed by atoms with Gasteiger partial charge in [-0.3, -0.25) is 9.59 Å². The predicted molar refractivity (Wildman–Crippen MR) is 100 cm³/mol. The fourth-order valence-electron chi connectivity index (χ4n) is 2.79. The molecule has 0 aliphatic carbocycles. The van der Waals surface area contributed by atoms with E-state index in [0.29, 0.717) is 5.75 Å². The van der Waals surface area contributed by atoms with E-state index in [0.717, 1.165) is 42.8 Å². The number of hydrogen-bond acceptors (Lipinski definition) is 3. The maximum absolute atomic E-state index is 12.5. The molecule has 2 amide bonds. The molecule has 1 aromatic carbocycles. The Morgan fingerprint density at radius 1 is 1.17 bits per heavy atom. The molecule has 1 aromatic rings. The monoisotopic (exact) mass is 348 g/mol. The number of piperidine rings is 1. The SMILES string of the molecule is CC(C)(C)NC(=O)CSCc1cccc(C(=O)N2CCCCC2)c1. The van der Waals surface area contributed by atoms with E-state index in [-0.39, 0.29) is 17.4 Å². The summed E-state index contributed by atoms with van der Waals surface area (Å²) in [6.07, 6.45) is 3.42. The van der Waals surface area contributed by atoms with Crippen LogP contribution in [-0.4, -0.2) is 41.1 Å². The highest BCUT2D eigenvalue weighted by atomic mass is 32.2. The van der Waals surface area contributed by atoms with Gasteiger partial charge in [0.25, 0.3) is 5.91 Å². The highest BCUT2D eigenvalue weighted by molar-refractivity contribution is 7.99. The molecule has 24 heavy (non-hydrogen) atoms. The van der Waals surface area contributed by atoms with E-state index in [1.54, 1.807) is 11.8 Å². The Morgan fingerprint density at radius 3 is 2.54 bits per heavy atom. The van der Waals surface area contributed by atoms with Crippen molar-refractivity contribution in [3.63, 3.8) is 0 Å². The number of nitrogens with zero attached hydrogens (tertiary/aromatic N) is 1.